The first-order chi connectivity index (χ1) is 9.10. The number of anilines is 2. The third kappa shape index (κ3) is 2.01. The van der Waals surface area contributed by atoms with E-state index in [2.05, 4.69) is 5.32 Å². The van der Waals surface area contributed by atoms with Gasteiger partial charge in [0.15, 0.2) is 0 Å². The van der Waals surface area contributed by atoms with Crippen LogP contribution in [0.1, 0.15) is 32.6 Å². The molecule has 2 amide bonds. The molecule has 1 heterocycles. The van der Waals surface area contributed by atoms with Crippen LogP contribution >= 0.6 is 0 Å². The lowest BCUT2D eigenvalue weighted by Crippen LogP contribution is -2.47. The lowest BCUT2D eigenvalue weighted by atomic mass is 9.86. The highest BCUT2D eigenvalue weighted by Crippen LogP contribution is 2.41. The van der Waals surface area contributed by atoms with Crippen LogP contribution in [0.25, 0.3) is 0 Å². The molecule has 1 aliphatic carbocycles. The van der Waals surface area contributed by atoms with Gasteiger partial charge in [-0.25, -0.2) is 0 Å². The van der Waals surface area contributed by atoms with E-state index in [-0.39, 0.29) is 23.8 Å². The molecular formula is C15H18N2O2. The van der Waals surface area contributed by atoms with Gasteiger partial charge in [-0.2, -0.15) is 0 Å². The Morgan fingerprint density at radius 1 is 1.26 bits per heavy atom. The molecule has 0 bridgehead atoms. The number of rotatable bonds is 1. The van der Waals surface area contributed by atoms with Crippen molar-refractivity contribution in [1.29, 1.82) is 0 Å². The molecule has 0 spiro atoms. The highest BCUT2D eigenvalue weighted by molar-refractivity contribution is 6.11. The van der Waals surface area contributed by atoms with E-state index in [0.717, 1.165) is 37.1 Å². The van der Waals surface area contributed by atoms with E-state index >= 15 is 0 Å². The van der Waals surface area contributed by atoms with Crippen molar-refractivity contribution in [1.82, 2.24) is 0 Å². The number of fused-ring (bicyclic) bond motifs is 1. The summed E-state index contributed by atoms with van der Waals surface area (Å²) in [6.07, 6.45) is 4.05. The van der Waals surface area contributed by atoms with E-state index in [4.69, 9.17) is 0 Å². The van der Waals surface area contributed by atoms with Gasteiger partial charge in [-0.3, -0.25) is 9.59 Å². The molecule has 0 unspecified atom stereocenters. The van der Waals surface area contributed by atoms with E-state index in [0.29, 0.717) is 0 Å². The summed E-state index contributed by atoms with van der Waals surface area (Å²) in [6, 6.07) is 7.49. The van der Waals surface area contributed by atoms with E-state index < -0.39 is 0 Å². The molecule has 1 fully saturated rings. The monoisotopic (exact) mass is 258 g/mol. The average molecular weight is 258 g/mol. The van der Waals surface area contributed by atoms with Gasteiger partial charge in [0.25, 0.3) is 0 Å². The maximum atomic E-state index is 12.8. The van der Waals surface area contributed by atoms with E-state index in [1.807, 2.05) is 31.2 Å². The number of benzene rings is 1. The van der Waals surface area contributed by atoms with Crippen LogP contribution in [0.2, 0.25) is 0 Å². The van der Waals surface area contributed by atoms with E-state index in [1.165, 1.54) is 0 Å². The van der Waals surface area contributed by atoms with Crippen molar-refractivity contribution in [2.45, 2.75) is 32.6 Å². The van der Waals surface area contributed by atoms with Crippen molar-refractivity contribution in [2.24, 2.45) is 5.41 Å². The Balaban J connectivity index is 1.97. The van der Waals surface area contributed by atoms with Gasteiger partial charge in [-0.05, 0) is 25.0 Å². The minimum absolute atomic E-state index is 0.0901. The molecule has 0 atom stereocenters. The zero-order valence-electron chi connectivity index (χ0n) is 11.1. The summed E-state index contributed by atoms with van der Waals surface area (Å²) in [7, 11) is 0. The second kappa shape index (κ2) is 4.37. The molecule has 1 aliphatic heterocycles. The van der Waals surface area contributed by atoms with Crippen LogP contribution in [0.4, 0.5) is 11.4 Å². The van der Waals surface area contributed by atoms with Crippen LogP contribution in [0.5, 0.6) is 0 Å². The standard InChI is InChI=1S/C15H18N2O2/c1-15(8-4-5-9-15)14(19)17-10-13(18)16-11-6-2-3-7-12(11)17/h2-3,6-7H,4-5,8-10H2,1H3,(H,16,18). The molecule has 1 N–H and O–H groups in total. The maximum Gasteiger partial charge on any atom is 0.244 e. The fourth-order valence-electron chi connectivity index (χ4n) is 3.11. The molecule has 1 aromatic carbocycles. The van der Waals surface area contributed by atoms with Gasteiger partial charge in [0, 0.05) is 5.41 Å². The normalized spacial score (nSPS) is 20.9. The predicted molar refractivity (Wildman–Crippen MR) is 74.0 cm³/mol. The third-order valence-corrected chi connectivity index (χ3v) is 4.24. The van der Waals surface area contributed by atoms with Gasteiger partial charge in [0.05, 0.1) is 11.4 Å². The van der Waals surface area contributed by atoms with Crippen LogP contribution in [-0.4, -0.2) is 18.4 Å². The Hall–Kier alpha value is -1.84. The first-order valence-corrected chi connectivity index (χ1v) is 6.81. The second-order valence-corrected chi connectivity index (χ2v) is 5.72. The summed E-state index contributed by atoms with van der Waals surface area (Å²) in [6.45, 7) is 2.16. The molecule has 4 nitrogen and oxygen atoms in total. The van der Waals surface area contributed by atoms with Crippen LogP contribution < -0.4 is 10.2 Å². The van der Waals surface area contributed by atoms with Gasteiger partial charge < -0.3 is 10.2 Å². The average Bonchev–Trinajstić information content (AvgIpc) is 2.85. The molecule has 3 rings (SSSR count). The van der Waals surface area contributed by atoms with Crippen LogP contribution in [0.3, 0.4) is 0 Å². The van der Waals surface area contributed by atoms with Crippen LogP contribution in [0, 0.1) is 5.41 Å². The van der Waals surface area contributed by atoms with Crippen molar-refractivity contribution < 1.29 is 9.59 Å². The number of nitrogens with one attached hydrogen (secondary N) is 1. The summed E-state index contributed by atoms with van der Waals surface area (Å²) in [4.78, 5) is 26.2. The topological polar surface area (TPSA) is 49.4 Å². The van der Waals surface area contributed by atoms with Gasteiger partial charge in [-0.1, -0.05) is 31.9 Å². The lowest BCUT2D eigenvalue weighted by Gasteiger charge is -2.35. The molecule has 4 heteroatoms. The number of para-hydroxylation sites is 2. The number of nitrogens with zero attached hydrogens (tertiary/aromatic N) is 1. The molecule has 0 radical (unpaired) electrons. The van der Waals surface area contributed by atoms with Gasteiger partial charge in [0.1, 0.15) is 6.54 Å². The molecule has 1 aromatic rings. The number of carbonyl (C=O) groups is 2. The molecule has 2 aliphatic rings. The largest absolute Gasteiger partial charge is 0.323 e. The quantitative estimate of drug-likeness (QED) is 0.841. The van der Waals surface area contributed by atoms with Crippen molar-refractivity contribution >= 4 is 23.2 Å². The molecule has 1 saturated carbocycles. The number of hydrogen-bond donors (Lipinski definition) is 1. The smallest absolute Gasteiger partial charge is 0.244 e. The van der Waals surface area contributed by atoms with Crippen LogP contribution in [0.15, 0.2) is 24.3 Å². The zero-order valence-corrected chi connectivity index (χ0v) is 11.1. The van der Waals surface area contributed by atoms with Gasteiger partial charge >= 0.3 is 0 Å². The molecule has 19 heavy (non-hydrogen) atoms. The van der Waals surface area contributed by atoms with Crippen molar-refractivity contribution in [2.75, 3.05) is 16.8 Å². The first kappa shape index (κ1) is 12.2. The van der Waals surface area contributed by atoms with Gasteiger partial charge in [-0.15, -0.1) is 0 Å². The Morgan fingerprint density at radius 3 is 2.68 bits per heavy atom. The molecule has 100 valence electrons. The number of amides is 2. The van der Waals surface area contributed by atoms with Crippen molar-refractivity contribution in [3.05, 3.63) is 24.3 Å². The summed E-state index contributed by atoms with van der Waals surface area (Å²) in [5.41, 5.74) is 1.25. The van der Waals surface area contributed by atoms with Crippen LogP contribution in [-0.2, 0) is 9.59 Å². The Kier molecular flexibility index (Phi) is 2.81. The summed E-state index contributed by atoms with van der Waals surface area (Å²) < 4.78 is 0. The second-order valence-electron chi connectivity index (χ2n) is 5.72. The first-order valence-electron chi connectivity index (χ1n) is 6.81. The number of carbonyl (C=O) groups excluding carboxylic acids is 2. The molecule has 0 aromatic heterocycles. The predicted octanol–water partition coefficient (Wildman–Crippen LogP) is 2.55. The summed E-state index contributed by atoms with van der Waals surface area (Å²) in [5, 5.41) is 2.82. The number of hydrogen-bond acceptors (Lipinski definition) is 2. The fraction of sp³-hybridized carbons (Fsp3) is 0.467. The Morgan fingerprint density at radius 2 is 1.95 bits per heavy atom. The third-order valence-electron chi connectivity index (χ3n) is 4.24. The molecule has 0 saturated heterocycles. The fourth-order valence-corrected chi connectivity index (χ4v) is 3.11. The zero-order chi connectivity index (χ0) is 13.5. The highest BCUT2D eigenvalue weighted by Gasteiger charge is 2.41. The lowest BCUT2D eigenvalue weighted by molar-refractivity contribution is -0.128. The maximum absolute atomic E-state index is 12.8. The van der Waals surface area contributed by atoms with Crippen molar-refractivity contribution in [3.8, 4) is 0 Å². The minimum Gasteiger partial charge on any atom is -0.323 e. The van der Waals surface area contributed by atoms with E-state index in [1.54, 1.807) is 4.90 Å². The Labute approximate surface area is 112 Å². The van der Waals surface area contributed by atoms with E-state index in [9.17, 15) is 9.59 Å². The molecular weight excluding hydrogens is 240 g/mol. The SMILES string of the molecule is CC1(C(=O)N2CC(=O)Nc3ccccc32)CCCC1. The Bertz CT molecular complexity index is 533. The van der Waals surface area contributed by atoms with Gasteiger partial charge in [0.2, 0.25) is 11.8 Å². The highest BCUT2D eigenvalue weighted by atomic mass is 16.2. The summed E-state index contributed by atoms with van der Waals surface area (Å²) in [5.74, 6) is -0.0269. The van der Waals surface area contributed by atoms with Crippen molar-refractivity contribution in [3.63, 3.8) is 0 Å². The summed E-state index contributed by atoms with van der Waals surface area (Å²) >= 11 is 0. The minimum atomic E-state index is -0.301.